The first kappa shape index (κ1) is 13.9. The van der Waals surface area contributed by atoms with Crippen molar-refractivity contribution in [2.45, 2.75) is 26.7 Å². The van der Waals surface area contributed by atoms with Gasteiger partial charge in [0.25, 0.3) is 0 Å². The number of nitrogens with one attached hydrogen (secondary N) is 3. The minimum absolute atomic E-state index is 0.0305. The number of carbonyl (C=O) groups is 1. The summed E-state index contributed by atoms with van der Waals surface area (Å²) in [7, 11) is 0. The second kappa shape index (κ2) is 6.57. The third-order valence-electron chi connectivity index (χ3n) is 3.53. The summed E-state index contributed by atoms with van der Waals surface area (Å²) in [6.07, 6.45) is 2.57. The highest BCUT2D eigenvalue weighted by Crippen LogP contribution is 2.20. The zero-order chi connectivity index (χ0) is 13.7. The van der Waals surface area contributed by atoms with Gasteiger partial charge in [-0.2, -0.15) is 0 Å². The average molecular weight is 261 g/mol. The maximum Gasteiger partial charge on any atom is 0.221 e. The van der Waals surface area contributed by atoms with Gasteiger partial charge in [0.05, 0.1) is 0 Å². The van der Waals surface area contributed by atoms with E-state index >= 15 is 0 Å². The number of hydrogen-bond donors (Lipinski definition) is 3. The fraction of sp³-hybridized carbons (Fsp3) is 0.533. The summed E-state index contributed by atoms with van der Waals surface area (Å²) in [5.74, 6) is 0.682. The first-order chi connectivity index (χ1) is 9.15. The molecule has 1 aromatic rings. The normalized spacial score (nSPS) is 18.9. The number of piperidine rings is 1. The van der Waals surface area contributed by atoms with Gasteiger partial charge < -0.3 is 16.0 Å². The van der Waals surface area contributed by atoms with Crippen molar-refractivity contribution in [3.63, 3.8) is 0 Å². The van der Waals surface area contributed by atoms with Crippen LogP contribution in [0.25, 0.3) is 0 Å². The van der Waals surface area contributed by atoms with Crippen LogP contribution in [0, 0.1) is 12.8 Å². The fourth-order valence-corrected chi connectivity index (χ4v) is 2.46. The number of aryl methyl sites for hydroxylation is 1. The molecule has 1 aliphatic rings. The van der Waals surface area contributed by atoms with E-state index in [0.717, 1.165) is 36.6 Å². The van der Waals surface area contributed by atoms with Gasteiger partial charge in [-0.1, -0.05) is 0 Å². The Morgan fingerprint density at radius 2 is 2.32 bits per heavy atom. The van der Waals surface area contributed by atoms with Crippen LogP contribution in [0.4, 0.5) is 11.4 Å². The Morgan fingerprint density at radius 1 is 1.47 bits per heavy atom. The molecular weight excluding hydrogens is 238 g/mol. The van der Waals surface area contributed by atoms with E-state index in [2.05, 4.69) is 22.0 Å². The SMILES string of the molecule is CC(=O)Nc1ccc(NCC2CCCNC2)cc1C. The Balaban J connectivity index is 1.90. The highest BCUT2D eigenvalue weighted by molar-refractivity contribution is 5.89. The minimum atomic E-state index is -0.0305. The Hall–Kier alpha value is -1.55. The molecule has 3 N–H and O–H groups in total. The molecule has 1 heterocycles. The Bertz CT molecular complexity index is 439. The lowest BCUT2D eigenvalue weighted by Crippen LogP contribution is -2.33. The standard InChI is InChI=1S/C15H23N3O/c1-11-8-14(5-6-15(11)18-12(2)19)17-10-13-4-3-7-16-9-13/h5-6,8,13,16-17H,3-4,7,9-10H2,1-2H3,(H,18,19). The number of hydrogen-bond acceptors (Lipinski definition) is 3. The number of carbonyl (C=O) groups excluding carboxylic acids is 1. The molecule has 1 aromatic carbocycles. The summed E-state index contributed by atoms with van der Waals surface area (Å²) in [6, 6.07) is 6.06. The third kappa shape index (κ3) is 4.24. The summed E-state index contributed by atoms with van der Waals surface area (Å²) in [4.78, 5) is 11.0. The van der Waals surface area contributed by atoms with Gasteiger partial charge in [-0.25, -0.2) is 0 Å². The molecule has 1 saturated heterocycles. The third-order valence-corrected chi connectivity index (χ3v) is 3.53. The Kier molecular flexibility index (Phi) is 4.80. The summed E-state index contributed by atoms with van der Waals surface area (Å²) < 4.78 is 0. The topological polar surface area (TPSA) is 53.2 Å². The van der Waals surface area contributed by atoms with Crippen LogP contribution in [-0.2, 0) is 4.79 Å². The van der Waals surface area contributed by atoms with Gasteiger partial charge in [-0.3, -0.25) is 4.79 Å². The van der Waals surface area contributed by atoms with Crippen LogP contribution < -0.4 is 16.0 Å². The van der Waals surface area contributed by atoms with E-state index in [1.165, 1.54) is 19.8 Å². The van der Waals surface area contributed by atoms with Gasteiger partial charge >= 0.3 is 0 Å². The van der Waals surface area contributed by atoms with E-state index in [1.807, 2.05) is 19.1 Å². The van der Waals surface area contributed by atoms with E-state index in [-0.39, 0.29) is 5.91 Å². The molecule has 1 amide bonds. The number of benzene rings is 1. The van der Waals surface area contributed by atoms with Gasteiger partial charge in [-0.15, -0.1) is 0 Å². The van der Waals surface area contributed by atoms with Crippen LogP contribution >= 0.6 is 0 Å². The van der Waals surface area contributed by atoms with Gasteiger partial charge in [-0.05, 0) is 62.5 Å². The van der Waals surface area contributed by atoms with Gasteiger partial charge in [0, 0.05) is 24.8 Å². The van der Waals surface area contributed by atoms with Crippen molar-refractivity contribution in [2.24, 2.45) is 5.92 Å². The van der Waals surface area contributed by atoms with Crippen LogP contribution in [0.1, 0.15) is 25.3 Å². The first-order valence-electron chi connectivity index (χ1n) is 6.98. The van der Waals surface area contributed by atoms with E-state index in [0.29, 0.717) is 5.92 Å². The van der Waals surface area contributed by atoms with Crippen molar-refractivity contribution in [3.05, 3.63) is 23.8 Å². The zero-order valence-corrected chi connectivity index (χ0v) is 11.8. The molecule has 0 bridgehead atoms. The van der Waals surface area contributed by atoms with Crippen molar-refractivity contribution in [2.75, 3.05) is 30.3 Å². The smallest absolute Gasteiger partial charge is 0.221 e. The minimum Gasteiger partial charge on any atom is -0.385 e. The molecule has 2 rings (SSSR count). The van der Waals surface area contributed by atoms with Gasteiger partial charge in [0.1, 0.15) is 0 Å². The maximum absolute atomic E-state index is 11.0. The van der Waals surface area contributed by atoms with Crippen LogP contribution in [0.3, 0.4) is 0 Å². The van der Waals surface area contributed by atoms with Crippen molar-refractivity contribution in [1.82, 2.24) is 5.32 Å². The molecule has 1 fully saturated rings. The predicted octanol–water partition coefficient (Wildman–Crippen LogP) is 2.36. The molecule has 0 aliphatic carbocycles. The lowest BCUT2D eigenvalue weighted by atomic mass is 9.99. The molecular formula is C15H23N3O. The number of amides is 1. The van der Waals surface area contributed by atoms with Crippen LogP contribution in [0.15, 0.2) is 18.2 Å². The predicted molar refractivity (Wildman–Crippen MR) is 79.6 cm³/mol. The maximum atomic E-state index is 11.0. The summed E-state index contributed by atoms with van der Waals surface area (Å²) in [6.45, 7) is 6.81. The second-order valence-electron chi connectivity index (χ2n) is 5.30. The summed E-state index contributed by atoms with van der Waals surface area (Å²) >= 11 is 0. The highest BCUT2D eigenvalue weighted by atomic mass is 16.1. The molecule has 0 aromatic heterocycles. The van der Waals surface area contributed by atoms with Gasteiger partial charge in [0.2, 0.25) is 5.91 Å². The van der Waals surface area contributed by atoms with E-state index in [4.69, 9.17) is 0 Å². The Morgan fingerprint density at radius 3 is 2.95 bits per heavy atom. The quantitative estimate of drug-likeness (QED) is 0.780. The Labute approximate surface area is 115 Å². The second-order valence-corrected chi connectivity index (χ2v) is 5.30. The largest absolute Gasteiger partial charge is 0.385 e. The monoisotopic (exact) mass is 261 g/mol. The van der Waals surface area contributed by atoms with Crippen LogP contribution in [0.5, 0.6) is 0 Å². The van der Waals surface area contributed by atoms with Crippen molar-refractivity contribution in [1.29, 1.82) is 0 Å². The number of anilines is 2. The molecule has 1 atom stereocenters. The lowest BCUT2D eigenvalue weighted by molar-refractivity contribution is -0.114. The van der Waals surface area contributed by atoms with Crippen LogP contribution in [0.2, 0.25) is 0 Å². The van der Waals surface area contributed by atoms with Crippen LogP contribution in [-0.4, -0.2) is 25.5 Å². The molecule has 0 spiro atoms. The zero-order valence-electron chi connectivity index (χ0n) is 11.8. The van der Waals surface area contributed by atoms with Crippen molar-refractivity contribution in [3.8, 4) is 0 Å². The highest BCUT2D eigenvalue weighted by Gasteiger charge is 2.12. The molecule has 104 valence electrons. The van der Waals surface area contributed by atoms with E-state index in [1.54, 1.807) is 0 Å². The van der Waals surface area contributed by atoms with Gasteiger partial charge in [0.15, 0.2) is 0 Å². The molecule has 0 radical (unpaired) electrons. The molecule has 19 heavy (non-hydrogen) atoms. The summed E-state index contributed by atoms with van der Waals surface area (Å²) in [5, 5.41) is 9.74. The van der Waals surface area contributed by atoms with E-state index < -0.39 is 0 Å². The molecule has 4 heteroatoms. The number of rotatable bonds is 4. The molecule has 0 saturated carbocycles. The average Bonchev–Trinajstić information content (AvgIpc) is 2.40. The summed E-state index contributed by atoms with van der Waals surface area (Å²) in [5.41, 5.74) is 3.09. The van der Waals surface area contributed by atoms with Crippen molar-refractivity contribution >= 4 is 17.3 Å². The fourth-order valence-electron chi connectivity index (χ4n) is 2.46. The lowest BCUT2D eigenvalue weighted by Gasteiger charge is -2.23. The first-order valence-corrected chi connectivity index (χ1v) is 6.98. The van der Waals surface area contributed by atoms with Crippen molar-refractivity contribution < 1.29 is 4.79 Å². The molecule has 1 aliphatic heterocycles. The molecule has 1 unspecified atom stereocenters. The van der Waals surface area contributed by atoms with E-state index in [9.17, 15) is 4.79 Å². The molecule has 4 nitrogen and oxygen atoms in total.